The summed E-state index contributed by atoms with van der Waals surface area (Å²) in [6.45, 7) is 7.16. The van der Waals surface area contributed by atoms with Crippen LogP contribution in [0.5, 0.6) is 0 Å². The summed E-state index contributed by atoms with van der Waals surface area (Å²) >= 11 is 0. The van der Waals surface area contributed by atoms with Gasteiger partial charge in [0.05, 0.1) is 0 Å². The van der Waals surface area contributed by atoms with Gasteiger partial charge in [-0.25, -0.2) is 4.79 Å². The van der Waals surface area contributed by atoms with Crippen LogP contribution < -0.4 is 27.0 Å². The van der Waals surface area contributed by atoms with Gasteiger partial charge in [0.1, 0.15) is 18.7 Å². The van der Waals surface area contributed by atoms with E-state index in [1.807, 2.05) is 6.92 Å². The molecule has 0 heterocycles. The highest BCUT2D eigenvalue weighted by Crippen LogP contribution is 2.13. The zero-order chi connectivity index (χ0) is 26.4. The first-order valence-electron chi connectivity index (χ1n) is 11.7. The van der Waals surface area contributed by atoms with Gasteiger partial charge >= 0.3 is 12.0 Å². The van der Waals surface area contributed by atoms with Crippen molar-refractivity contribution in [2.45, 2.75) is 72.1 Å². The maximum atomic E-state index is 13.0. The first-order chi connectivity index (χ1) is 16.5. The molecule has 1 unspecified atom stereocenters. The van der Waals surface area contributed by atoms with Gasteiger partial charge in [0, 0.05) is 25.6 Å². The van der Waals surface area contributed by atoms with Crippen LogP contribution in [0.4, 0.5) is 10.5 Å². The van der Waals surface area contributed by atoms with E-state index in [9.17, 15) is 24.0 Å². The molecule has 1 rings (SSSR count). The van der Waals surface area contributed by atoms with E-state index in [0.29, 0.717) is 24.9 Å². The van der Waals surface area contributed by atoms with Crippen molar-refractivity contribution in [3.05, 3.63) is 29.8 Å². The minimum Gasteiger partial charge on any atom is -0.461 e. The highest BCUT2D eigenvalue weighted by Gasteiger charge is 2.28. The summed E-state index contributed by atoms with van der Waals surface area (Å²) in [7, 11) is 0. The van der Waals surface area contributed by atoms with E-state index in [0.717, 1.165) is 5.56 Å². The molecule has 194 valence electrons. The van der Waals surface area contributed by atoms with E-state index in [4.69, 9.17) is 10.5 Å². The maximum absolute atomic E-state index is 13.0. The smallest absolute Gasteiger partial charge is 0.312 e. The Kier molecular flexibility index (Phi) is 12.9. The lowest BCUT2D eigenvalue weighted by Gasteiger charge is -2.25. The summed E-state index contributed by atoms with van der Waals surface area (Å²) in [5, 5.41) is 10.7. The number of nitrogens with one attached hydrogen (secondary N) is 4. The number of carbonyl (C=O) groups is 5. The molecule has 11 nitrogen and oxygen atoms in total. The predicted octanol–water partition coefficient (Wildman–Crippen LogP) is 1.56. The topological polar surface area (TPSA) is 169 Å². The number of ether oxygens (including phenoxy) is 1. The van der Waals surface area contributed by atoms with Crippen molar-refractivity contribution in [2.24, 2.45) is 11.7 Å². The van der Waals surface area contributed by atoms with E-state index in [-0.39, 0.29) is 31.4 Å². The van der Waals surface area contributed by atoms with Crippen LogP contribution >= 0.6 is 0 Å². The summed E-state index contributed by atoms with van der Waals surface area (Å²) in [5.41, 5.74) is 6.33. The van der Waals surface area contributed by atoms with Gasteiger partial charge in [-0.2, -0.15) is 0 Å². The van der Waals surface area contributed by atoms with Crippen molar-refractivity contribution in [1.29, 1.82) is 0 Å². The molecule has 2 atom stereocenters. The molecule has 35 heavy (non-hydrogen) atoms. The number of nitrogens with two attached hydrogens (primary N) is 1. The monoisotopic (exact) mass is 491 g/mol. The van der Waals surface area contributed by atoms with Crippen molar-refractivity contribution < 1.29 is 28.7 Å². The van der Waals surface area contributed by atoms with E-state index in [1.165, 1.54) is 6.92 Å². The van der Waals surface area contributed by atoms with E-state index < -0.39 is 35.9 Å². The fourth-order valence-electron chi connectivity index (χ4n) is 3.15. The van der Waals surface area contributed by atoms with Crippen molar-refractivity contribution in [1.82, 2.24) is 16.0 Å². The number of carbonyl (C=O) groups excluding carboxylic acids is 5. The van der Waals surface area contributed by atoms with Crippen molar-refractivity contribution in [2.75, 3.05) is 11.9 Å². The van der Waals surface area contributed by atoms with Crippen LogP contribution in [-0.2, 0) is 30.5 Å². The molecule has 5 amide bonds. The molecule has 1 aromatic rings. The number of hydrogen-bond donors (Lipinski definition) is 5. The normalized spacial score (nSPS) is 12.3. The number of hydrogen-bond acceptors (Lipinski definition) is 6. The maximum Gasteiger partial charge on any atom is 0.312 e. The van der Waals surface area contributed by atoms with Gasteiger partial charge in [0.2, 0.25) is 17.7 Å². The van der Waals surface area contributed by atoms with Gasteiger partial charge in [0.25, 0.3) is 0 Å². The molecule has 0 aliphatic heterocycles. The molecular weight excluding hydrogens is 454 g/mol. The molecule has 0 aliphatic carbocycles. The van der Waals surface area contributed by atoms with Crippen molar-refractivity contribution in [3.63, 3.8) is 0 Å². The molecule has 0 aromatic heterocycles. The number of rotatable bonds is 14. The summed E-state index contributed by atoms with van der Waals surface area (Å²) in [5.74, 6) is -1.74. The molecular formula is C24H37N5O6. The van der Waals surface area contributed by atoms with E-state index >= 15 is 0 Å². The Balaban J connectivity index is 2.89. The standard InChI is InChI=1S/C24H37N5O6/c1-5-7-20(31)29-21(15(2)3)23(33)28-19(8-6-13-26-24(25)34)22(32)27-18-11-9-17(10-12-18)14-35-16(4)30/h9-12,15,19,21H,5-8,13-14H2,1-4H3,(H,27,32)(H,28,33)(H,29,31)(H3,25,26,34)/t19-,21?/m0/s1. The van der Waals surface area contributed by atoms with Gasteiger partial charge in [0.15, 0.2) is 0 Å². The van der Waals surface area contributed by atoms with Gasteiger partial charge < -0.3 is 31.7 Å². The van der Waals surface area contributed by atoms with Crippen LogP contribution in [-0.4, -0.2) is 48.4 Å². The Morgan fingerprint density at radius 1 is 1.00 bits per heavy atom. The second kappa shape index (κ2) is 15.3. The minimum absolute atomic E-state index is 0.120. The highest BCUT2D eigenvalue weighted by atomic mass is 16.5. The Bertz CT molecular complexity index is 872. The molecule has 0 saturated carbocycles. The molecule has 0 bridgehead atoms. The quantitative estimate of drug-likeness (QED) is 0.195. The predicted molar refractivity (Wildman–Crippen MR) is 131 cm³/mol. The van der Waals surface area contributed by atoms with E-state index in [2.05, 4.69) is 21.3 Å². The van der Waals surface area contributed by atoms with Crippen LogP contribution in [0.3, 0.4) is 0 Å². The van der Waals surface area contributed by atoms with E-state index in [1.54, 1.807) is 38.1 Å². The summed E-state index contributed by atoms with van der Waals surface area (Å²) in [6, 6.07) is 4.35. The number of amides is 5. The Morgan fingerprint density at radius 3 is 2.20 bits per heavy atom. The Hall–Kier alpha value is -3.63. The van der Waals surface area contributed by atoms with Crippen LogP contribution in [0, 0.1) is 5.92 Å². The lowest BCUT2D eigenvalue weighted by molar-refractivity contribution is -0.142. The fourth-order valence-corrected chi connectivity index (χ4v) is 3.15. The Morgan fingerprint density at radius 2 is 1.66 bits per heavy atom. The third-order valence-corrected chi connectivity index (χ3v) is 5.01. The SMILES string of the molecule is CCCC(=O)NC(C(=O)N[C@@H](CCCNC(N)=O)C(=O)Nc1ccc(COC(C)=O)cc1)C(C)C. The second-order valence-electron chi connectivity index (χ2n) is 8.50. The second-order valence-corrected chi connectivity index (χ2v) is 8.50. The lowest BCUT2D eigenvalue weighted by atomic mass is 10.0. The van der Waals surface area contributed by atoms with Crippen LogP contribution in [0.1, 0.15) is 58.9 Å². The molecule has 0 saturated heterocycles. The average molecular weight is 492 g/mol. The molecule has 0 radical (unpaired) electrons. The first-order valence-corrected chi connectivity index (χ1v) is 11.7. The largest absolute Gasteiger partial charge is 0.461 e. The lowest BCUT2D eigenvalue weighted by Crippen LogP contribution is -2.54. The van der Waals surface area contributed by atoms with Gasteiger partial charge in [-0.15, -0.1) is 0 Å². The van der Waals surface area contributed by atoms with Crippen LogP contribution in [0.2, 0.25) is 0 Å². The third-order valence-electron chi connectivity index (χ3n) is 5.01. The number of anilines is 1. The van der Waals surface area contributed by atoms with Gasteiger partial charge in [-0.05, 0) is 42.9 Å². The number of urea groups is 1. The summed E-state index contributed by atoms with van der Waals surface area (Å²) in [4.78, 5) is 59.9. The van der Waals surface area contributed by atoms with Crippen molar-refractivity contribution >= 4 is 35.4 Å². The highest BCUT2D eigenvalue weighted by molar-refractivity contribution is 5.98. The van der Waals surface area contributed by atoms with Crippen LogP contribution in [0.15, 0.2) is 24.3 Å². The molecule has 0 aliphatic rings. The fraction of sp³-hybridized carbons (Fsp3) is 0.542. The van der Waals surface area contributed by atoms with Gasteiger partial charge in [-0.3, -0.25) is 19.2 Å². The Labute approximate surface area is 205 Å². The zero-order valence-electron chi connectivity index (χ0n) is 20.8. The molecule has 0 spiro atoms. The average Bonchev–Trinajstić information content (AvgIpc) is 2.78. The molecule has 11 heteroatoms. The van der Waals surface area contributed by atoms with Gasteiger partial charge in [-0.1, -0.05) is 32.9 Å². The number of benzene rings is 1. The molecule has 0 fully saturated rings. The minimum atomic E-state index is -0.915. The summed E-state index contributed by atoms with van der Waals surface area (Å²) < 4.78 is 4.94. The summed E-state index contributed by atoms with van der Waals surface area (Å²) in [6.07, 6.45) is 1.57. The third kappa shape index (κ3) is 11.9. The first kappa shape index (κ1) is 29.4. The van der Waals surface area contributed by atoms with Crippen molar-refractivity contribution in [3.8, 4) is 0 Å². The molecule has 1 aromatic carbocycles. The number of esters is 1. The zero-order valence-corrected chi connectivity index (χ0v) is 20.8. The molecule has 6 N–H and O–H groups in total. The van der Waals surface area contributed by atoms with Crippen LogP contribution in [0.25, 0.3) is 0 Å². The number of primary amides is 1.